The number of carbonyl (C=O) groups is 1. The molecule has 0 radical (unpaired) electrons. The van der Waals surface area contributed by atoms with Crippen LogP contribution in [0.4, 0.5) is 5.95 Å². The summed E-state index contributed by atoms with van der Waals surface area (Å²) in [6, 6.07) is 1.76. The lowest BCUT2D eigenvalue weighted by atomic mass is 10.2. The summed E-state index contributed by atoms with van der Waals surface area (Å²) in [5.41, 5.74) is 0. The van der Waals surface area contributed by atoms with E-state index in [-0.39, 0.29) is 5.91 Å². The van der Waals surface area contributed by atoms with Gasteiger partial charge in [0.15, 0.2) is 6.10 Å². The zero-order valence-corrected chi connectivity index (χ0v) is 12.3. The van der Waals surface area contributed by atoms with Gasteiger partial charge in [-0.25, -0.2) is 15.0 Å². The Labute approximate surface area is 128 Å². The van der Waals surface area contributed by atoms with E-state index in [9.17, 15) is 4.79 Å². The van der Waals surface area contributed by atoms with E-state index in [0.29, 0.717) is 32.2 Å². The number of nitrogens with one attached hydrogen (secondary N) is 1. The minimum Gasteiger partial charge on any atom is -0.365 e. The van der Waals surface area contributed by atoms with Gasteiger partial charge in [-0.05, 0) is 6.07 Å². The fourth-order valence-electron chi connectivity index (χ4n) is 2.29. The summed E-state index contributed by atoms with van der Waals surface area (Å²) in [6.07, 6.45) is 6.39. The van der Waals surface area contributed by atoms with E-state index in [1.54, 1.807) is 24.7 Å². The third kappa shape index (κ3) is 3.22. The largest absolute Gasteiger partial charge is 0.365 e. The van der Waals surface area contributed by atoms with Gasteiger partial charge in [0.05, 0.1) is 19.7 Å². The molecule has 2 aromatic rings. The lowest BCUT2D eigenvalue weighted by molar-refractivity contribution is -0.133. The molecule has 116 valence electrons. The van der Waals surface area contributed by atoms with Crippen molar-refractivity contribution >= 4 is 11.9 Å². The topological polar surface area (TPSA) is 85.2 Å². The molecule has 22 heavy (non-hydrogen) atoms. The van der Waals surface area contributed by atoms with E-state index >= 15 is 0 Å². The Balaban J connectivity index is 1.57. The number of hydrogen-bond acceptors (Lipinski definition) is 6. The molecule has 1 amide bonds. The number of aryl methyl sites for hydroxylation is 1. The third-order valence-corrected chi connectivity index (χ3v) is 3.54. The molecule has 1 atom stereocenters. The minimum absolute atomic E-state index is 0.149. The van der Waals surface area contributed by atoms with Crippen LogP contribution < -0.4 is 10.2 Å². The van der Waals surface area contributed by atoms with Crippen molar-refractivity contribution in [2.75, 3.05) is 24.6 Å². The van der Waals surface area contributed by atoms with Crippen LogP contribution in [0.15, 0.2) is 30.9 Å². The first-order valence-electron chi connectivity index (χ1n) is 7.11. The van der Waals surface area contributed by atoms with Crippen LogP contribution in [0.25, 0.3) is 0 Å². The summed E-state index contributed by atoms with van der Waals surface area (Å²) < 4.78 is 7.42. The number of amides is 1. The number of nitrogens with zero attached hydrogens (tertiary/aromatic N) is 5. The van der Waals surface area contributed by atoms with Crippen molar-refractivity contribution in [1.29, 1.82) is 0 Å². The van der Waals surface area contributed by atoms with Crippen molar-refractivity contribution in [3.63, 3.8) is 0 Å². The summed E-state index contributed by atoms with van der Waals surface area (Å²) >= 11 is 0. The second-order valence-corrected chi connectivity index (χ2v) is 5.03. The van der Waals surface area contributed by atoms with Crippen LogP contribution in [0.3, 0.4) is 0 Å². The number of aromatic nitrogens is 4. The SMILES string of the molecule is Cn1ccnc1CNC(=O)C1CN(c2ncccn2)CCO1. The first kappa shape index (κ1) is 14.5. The normalized spacial score (nSPS) is 18.2. The maximum absolute atomic E-state index is 12.2. The van der Waals surface area contributed by atoms with Gasteiger partial charge < -0.3 is 19.5 Å². The Hall–Kier alpha value is -2.48. The fraction of sp³-hybridized carbons (Fsp3) is 0.429. The lowest BCUT2D eigenvalue weighted by Crippen LogP contribution is -2.50. The van der Waals surface area contributed by atoms with Crippen LogP contribution in [-0.4, -0.2) is 51.2 Å². The van der Waals surface area contributed by atoms with Crippen molar-refractivity contribution in [3.05, 3.63) is 36.7 Å². The van der Waals surface area contributed by atoms with Gasteiger partial charge >= 0.3 is 0 Å². The Kier molecular flexibility index (Phi) is 4.29. The molecule has 0 aromatic carbocycles. The Bertz CT molecular complexity index is 629. The van der Waals surface area contributed by atoms with Crippen LogP contribution in [0, 0.1) is 0 Å². The average molecular weight is 302 g/mol. The molecule has 0 saturated carbocycles. The third-order valence-electron chi connectivity index (χ3n) is 3.54. The maximum atomic E-state index is 12.2. The summed E-state index contributed by atoms with van der Waals surface area (Å²) in [4.78, 5) is 26.8. The van der Waals surface area contributed by atoms with Gasteiger partial charge in [-0.3, -0.25) is 4.79 Å². The van der Waals surface area contributed by atoms with E-state index in [1.807, 2.05) is 22.7 Å². The predicted molar refractivity (Wildman–Crippen MR) is 79.0 cm³/mol. The number of rotatable bonds is 4. The molecular formula is C14H18N6O2. The highest BCUT2D eigenvalue weighted by atomic mass is 16.5. The zero-order valence-electron chi connectivity index (χ0n) is 12.3. The van der Waals surface area contributed by atoms with Crippen LogP contribution >= 0.6 is 0 Å². The predicted octanol–water partition coefficient (Wildman–Crippen LogP) is -0.268. The number of morpholine rings is 1. The molecule has 8 nitrogen and oxygen atoms in total. The van der Waals surface area contributed by atoms with Gasteiger partial charge in [0.2, 0.25) is 5.95 Å². The van der Waals surface area contributed by atoms with Gasteiger partial charge in [-0.15, -0.1) is 0 Å². The maximum Gasteiger partial charge on any atom is 0.251 e. The molecule has 8 heteroatoms. The molecular weight excluding hydrogens is 284 g/mol. The van der Waals surface area contributed by atoms with Crippen molar-refractivity contribution < 1.29 is 9.53 Å². The second kappa shape index (κ2) is 6.52. The molecule has 1 unspecified atom stereocenters. The first-order chi connectivity index (χ1) is 10.7. The summed E-state index contributed by atoms with van der Waals surface area (Å²) in [7, 11) is 1.89. The van der Waals surface area contributed by atoms with Crippen molar-refractivity contribution in [1.82, 2.24) is 24.8 Å². The zero-order chi connectivity index (χ0) is 15.4. The molecule has 3 heterocycles. The van der Waals surface area contributed by atoms with Crippen molar-refractivity contribution in [3.8, 4) is 0 Å². The Morgan fingerprint density at radius 2 is 2.18 bits per heavy atom. The number of ether oxygens (including phenoxy) is 1. The number of hydrogen-bond donors (Lipinski definition) is 1. The first-order valence-corrected chi connectivity index (χ1v) is 7.11. The van der Waals surface area contributed by atoms with Gasteiger partial charge in [0, 0.05) is 38.4 Å². The number of anilines is 1. The molecule has 1 saturated heterocycles. The van der Waals surface area contributed by atoms with E-state index < -0.39 is 6.10 Å². The lowest BCUT2D eigenvalue weighted by Gasteiger charge is -2.32. The van der Waals surface area contributed by atoms with E-state index in [4.69, 9.17) is 4.74 Å². The Morgan fingerprint density at radius 3 is 2.91 bits per heavy atom. The quantitative estimate of drug-likeness (QED) is 0.837. The average Bonchev–Trinajstić information content (AvgIpc) is 2.99. The fourth-order valence-corrected chi connectivity index (χ4v) is 2.29. The molecule has 0 spiro atoms. The number of imidazole rings is 1. The standard InChI is InChI=1S/C14H18N6O2/c1-19-6-5-15-12(19)9-18-13(21)11-10-20(7-8-22-11)14-16-3-2-4-17-14/h2-6,11H,7-10H2,1H3,(H,18,21). The molecule has 1 N–H and O–H groups in total. The van der Waals surface area contributed by atoms with Gasteiger partial charge in [-0.1, -0.05) is 0 Å². The van der Waals surface area contributed by atoms with Crippen LogP contribution in [0.2, 0.25) is 0 Å². The van der Waals surface area contributed by atoms with Gasteiger partial charge in [0.1, 0.15) is 5.82 Å². The van der Waals surface area contributed by atoms with Crippen LogP contribution in [0.1, 0.15) is 5.82 Å². The van der Waals surface area contributed by atoms with Gasteiger partial charge in [-0.2, -0.15) is 0 Å². The van der Waals surface area contributed by atoms with Crippen molar-refractivity contribution in [2.45, 2.75) is 12.6 Å². The monoisotopic (exact) mass is 302 g/mol. The van der Waals surface area contributed by atoms with Crippen molar-refractivity contribution in [2.24, 2.45) is 7.05 Å². The molecule has 3 rings (SSSR count). The molecule has 0 aliphatic carbocycles. The molecule has 1 aliphatic rings. The van der Waals surface area contributed by atoms with E-state index in [2.05, 4.69) is 20.3 Å². The minimum atomic E-state index is -0.530. The molecule has 1 aliphatic heterocycles. The van der Waals surface area contributed by atoms with E-state index in [0.717, 1.165) is 5.82 Å². The number of carbonyl (C=O) groups excluding carboxylic acids is 1. The van der Waals surface area contributed by atoms with Gasteiger partial charge in [0.25, 0.3) is 5.91 Å². The van der Waals surface area contributed by atoms with Crippen LogP contribution in [-0.2, 0) is 23.1 Å². The Morgan fingerprint density at radius 1 is 1.36 bits per heavy atom. The van der Waals surface area contributed by atoms with Crippen LogP contribution in [0.5, 0.6) is 0 Å². The highest BCUT2D eigenvalue weighted by Crippen LogP contribution is 2.12. The summed E-state index contributed by atoms with van der Waals surface area (Å²) in [6.45, 7) is 1.96. The highest BCUT2D eigenvalue weighted by molar-refractivity contribution is 5.81. The molecule has 0 bridgehead atoms. The summed E-state index contributed by atoms with van der Waals surface area (Å²) in [5, 5.41) is 2.85. The smallest absolute Gasteiger partial charge is 0.251 e. The molecule has 1 fully saturated rings. The molecule has 2 aromatic heterocycles. The summed E-state index contributed by atoms with van der Waals surface area (Å²) in [5.74, 6) is 1.27. The highest BCUT2D eigenvalue weighted by Gasteiger charge is 2.27. The van der Waals surface area contributed by atoms with E-state index in [1.165, 1.54) is 0 Å². The second-order valence-electron chi connectivity index (χ2n) is 5.03.